The molecule has 0 saturated carbocycles. The minimum atomic E-state index is -2.32. The Morgan fingerprint density at radius 2 is 2.29 bits per heavy atom. The highest BCUT2D eigenvalue weighted by molar-refractivity contribution is 5.17. The van der Waals surface area contributed by atoms with Crippen LogP contribution in [0.3, 0.4) is 0 Å². The molecule has 3 nitrogen and oxygen atoms in total. The summed E-state index contributed by atoms with van der Waals surface area (Å²) in [7, 11) is 1.52. The molecule has 0 amide bonds. The molecule has 1 aromatic heterocycles. The molecule has 5 heteroatoms. The number of rotatable bonds is 5. The third kappa shape index (κ3) is 3.66. The normalized spacial score (nSPS) is 10.6. The van der Waals surface area contributed by atoms with Crippen molar-refractivity contribution in [1.82, 2.24) is 10.3 Å². The van der Waals surface area contributed by atoms with E-state index in [1.807, 2.05) is 0 Å². The molecule has 1 N–H and O–H groups in total. The zero-order chi connectivity index (χ0) is 10.4. The van der Waals surface area contributed by atoms with Gasteiger partial charge in [-0.3, -0.25) is 0 Å². The van der Waals surface area contributed by atoms with Crippen LogP contribution in [0.4, 0.5) is 8.78 Å². The van der Waals surface area contributed by atoms with Crippen molar-refractivity contribution in [3.05, 3.63) is 23.9 Å². The van der Waals surface area contributed by atoms with E-state index in [1.54, 1.807) is 18.3 Å². The van der Waals surface area contributed by atoms with Crippen molar-refractivity contribution >= 4 is 0 Å². The van der Waals surface area contributed by atoms with Gasteiger partial charge in [0.1, 0.15) is 0 Å². The summed E-state index contributed by atoms with van der Waals surface area (Å²) in [4.78, 5) is 3.95. The lowest BCUT2D eigenvalue weighted by molar-refractivity contribution is 0.145. The fraction of sp³-hybridized carbons (Fsp3) is 0.444. The highest BCUT2D eigenvalue weighted by Gasteiger charge is 2.01. The van der Waals surface area contributed by atoms with Crippen LogP contribution in [0.1, 0.15) is 5.56 Å². The van der Waals surface area contributed by atoms with Crippen molar-refractivity contribution in [3.63, 3.8) is 0 Å². The van der Waals surface area contributed by atoms with E-state index in [-0.39, 0.29) is 6.54 Å². The largest absolute Gasteiger partial charge is 0.481 e. The number of ether oxygens (including phenoxy) is 1. The molecule has 0 aromatic carbocycles. The maximum absolute atomic E-state index is 11.8. The Bertz CT molecular complexity index is 264. The number of alkyl halides is 2. The van der Waals surface area contributed by atoms with Gasteiger partial charge in [0.15, 0.2) is 0 Å². The number of hydrogen-bond donors (Lipinski definition) is 1. The van der Waals surface area contributed by atoms with Crippen molar-refractivity contribution in [1.29, 1.82) is 0 Å². The SMILES string of the molecule is COc1ccc(CNCC(F)F)cn1. The first-order chi connectivity index (χ1) is 6.72. The molecule has 0 atom stereocenters. The topological polar surface area (TPSA) is 34.1 Å². The first-order valence-corrected chi connectivity index (χ1v) is 4.20. The summed E-state index contributed by atoms with van der Waals surface area (Å²) in [6, 6.07) is 3.48. The number of aromatic nitrogens is 1. The van der Waals surface area contributed by atoms with Gasteiger partial charge in [0.25, 0.3) is 6.43 Å². The number of methoxy groups -OCH3 is 1. The molecule has 0 aliphatic heterocycles. The Morgan fingerprint density at radius 1 is 1.50 bits per heavy atom. The van der Waals surface area contributed by atoms with Gasteiger partial charge in [-0.05, 0) is 5.56 Å². The summed E-state index contributed by atoms with van der Waals surface area (Å²) >= 11 is 0. The van der Waals surface area contributed by atoms with Gasteiger partial charge >= 0.3 is 0 Å². The standard InChI is InChI=1S/C9H12F2N2O/c1-14-9-3-2-7(5-13-9)4-12-6-8(10)11/h2-3,5,8,12H,4,6H2,1H3. The van der Waals surface area contributed by atoms with Gasteiger partial charge < -0.3 is 10.1 Å². The molecule has 1 heterocycles. The monoisotopic (exact) mass is 202 g/mol. The molecule has 0 aliphatic carbocycles. The van der Waals surface area contributed by atoms with Crippen LogP contribution in [0.25, 0.3) is 0 Å². The molecule has 0 saturated heterocycles. The van der Waals surface area contributed by atoms with E-state index in [2.05, 4.69) is 10.3 Å². The molecule has 0 aliphatic rings. The summed E-state index contributed by atoms with van der Waals surface area (Å²) in [6.07, 6.45) is -0.724. The minimum absolute atomic E-state index is 0.300. The first kappa shape index (κ1) is 10.8. The first-order valence-electron chi connectivity index (χ1n) is 4.20. The molecular formula is C9H12F2N2O. The van der Waals surface area contributed by atoms with Crippen LogP contribution in [-0.2, 0) is 6.54 Å². The minimum Gasteiger partial charge on any atom is -0.481 e. The number of hydrogen-bond acceptors (Lipinski definition) is 3. The van der Waals surface area contributed by atoms with Crippen LogP contribution in [0.2, 0.25) is 0 Å². The zero-order valence-corrected chi connectivity index (χ0v) is 7.84. The second-order valence-corrected chi connectivity index (χ2v) is 2.73. The Morgan fingerprint density at radius 3 is 2.79 bits per heavy atom. The van der Waals surface area contributed by atoms with Gasteiger partial charge in [-0.25, -0.2) is 13.8 Å². The molecular weight excluding hydrogens is 190 g/mol. The van der Waals surface area contributed by atoms with Gasteiger partial charge in [-0.2, -0.15) is 0 Å². The molecule has 0 fully saturated rings. The van der Waals surface area contributed by atoms with E-state index in [0.29, 0.717) is 12.4 Å². The number of pyridine rings is 1. The highest BCUT2D eigenvalue weighted by Crippen LogP contribution is 2.06. The summed E-state index contributed by atoms with van der Waals surface area (Å²) < 4.78 is 28.4. The molecule has 0 bridgehead atoms. The Kier molecular flexibility index (Phi) is 4.25. The third-order valence-corrected chi connectivity index (χ3v) is 1.63. The maximum Gasteiger partial charge on any atom is 0.250 e. The smallest absolute Gasteiger partial charge is 0.250 e. The van der Waals surface area contributed by atoms with Crippen molar-refractivity contribution in [2.75, 3.05) is 13.7 Å². The van der Waals surface area contributed by atoms with Gasteiger partial charge in [0, 0.05) is 18.8 Å². The molecule has 78 valence electrons. The van der Waals surface area contributed by atoms with E-state index in [9.17, 15) is 8.78 Å². The quantitative estimate of drug-likeness (QED) is 0.784. The van der Waals surface area contributed by atoms with Crippen LogP contribution >= 0.6 is 0 Å². The lowest BCUT2D eigenvalue weighted by Crippen LogP contribution is -2.20. The fourth-order valence-corrected chi connectivity index (χ4v) is 0.962. The van der Waals surface area contributed by atoms with Crippen molar-refractivity contribution in [3.8, 4) is 5.88 Å². The van der Waals surface area contributed by atoms with Crippen LogP contribution < -0.4 is 10.1 Å². The average Bonchev–Trinajstić information content (AvgIpc) is 2.18. The second kappa shape index (κ2) is 5.49. The van der Waals surface area contributed by atoms with Crippen LogP contribution in [-0.4, -0.2) is 25.1 Å². The predicted molar refractivity (Wildman–Crippen MR) is 48.5 cm³/mol. The zero-order valence-electron chi connectivity index (χ0n) is 7.84. The lowest BCUT2D eigenvalue weighted by Gasteiger charge is -2.04. The second-order valence-electron chi connectivity index (χ2n) is 2.73. The Hall–Kier alpha value is -1.23. The van der Waals surface area contributed by atoms with Crippen LogP contribution in [0.5, 0.6) is 5.88 Å². The van der Waals surface area contributed by atoms with Crippen molar-refractivity contribution in [2.45, 2.75) is 13.0 Å². The van der Waals surface area contributed by atoms with Crippen LogP contribution in [0, 0.1) is 0 Å². The highest BCUT2D eigenvalue weighted by atomic mass is 19.3. The summed E-state index contributed by atoms with van der Waals surface area (Å²) in [5.41, 5.74) is 0.853. The molecule has 14 heavy (non-hydrogen) atoms. The predicted octanol–water partition coefficient (Wildman–Crippen LogP) is 1.44. The molecule has 1 aromatic rings. The van der Waals surface area contributed by atoms with Gasteiger partial charge in [0.05, 0.1) is 13.7 Å². The number of nitrogens with one attached hydrogen (secondary N) is 1. The summed E-state index contributed by atoms with van der Waals surface area (Å²) in [6.45, 7) is 0.0906. The maximum atomic E-state index is 11.8. The third-order valence-electron chi connectivity index (χ3n) is 1.63. The summed E-state index contributed by atoms with van der Waals surface area (Å²) in [5, 5.41) is 2.61. The van der Waals surface area contributed by atoms with Gasteiger partial charge in [0.2, 0.25) is 5.88 Å². The van der Waals surface area contributed by atoms with Crippen LogP contribution in [0.15, 0.2) is 18.3 Å². The van der Waals surface area contributed by atoms with E-state index >= 15 is 0 Å². The molecule has 1 rings (SSSR count). The van der Waals surface area contributed by atoms with E-state index < -0.39 is 6.43 Å². The summed E-state index contributed by atoms with van der Waals surface area (Å²) in [5.74, 6) is 0.516. The molecule has 0 unspecified atom stereocenters. The van der Waals surface area contributed by atoms with E-state index in [4.69, 9.17) is 4.74 Å². The van der Waals surface area contributed by atoms with Crippen molar-refractivity contribution < 1.29 is 13.5 Å². The van der Waals surface area contributed by atoms with Crippen molar-refractivity contribution in [2.24, 2.45) is 0 Å². The van der Waals surface area contributed by atoms with Gasteiger partial charge in [-0.15, -0.1) is 0 Å². The number of nitrogens with zero attached hydrogens (tertiary/aromatic N) is 1. The molecule has 0 spiro atoms. The van der Waals surface area contributed by atoms with E-state index in [1.165, 1.54) is 7.11 Å². The fourth-order valence-electron chi connectivity index (χ4n) is 0.962. The average molecular weight is 202 g/mol. The molecule has 0 radical (unpaired) electrons. The Labute approximate surface area is 81.1 Å². The number of halogens is 2. The van der Waals surface area contributed by atoms with E-state index in [0.717, 1.165) is 5.56 Å². The van der Waals surface area contributed by atoms with Gasteiger partial charge in [-0.1, -0.05) is 6.07 Å². The Balaban J connectivity index is 2.36. The lowest BCUT2D eigenvalue weighted by atomic mass is 10.3.